The van der Waals surface area contributed by atoms with Crippen molar-refractivity contribution in [3.8, 4) is 5.75 Å². The van der Waals surface area contributed by atoms with Crippen molar-refractivity contribution in [2.24, 2.45) is 5.92 Å². The quantitative estimate of drug-likeness (QED) is 0.614. The second-order valence-corrected chi connectivity index (χ2v) is 5.19. The number of carboxylic acid groups (broad SMARTS) is 1. The first-order chi connectivity index (χ1) is 10.1. The summed E-state index contributed by atoms with van der Waals surface area (Å²) in [6.07, 6.45) is 1.08. The van der Waals surface area contributed by atoms with Crippen LogP contribution in [0.5, 0.6) is 5.75 Å². The molecule has 0 saturated heterocycles. The molecule has 0 heterocycles. The Balaban J connectivity index is 2.08. The zero-order chi connectivity index (χ0) is 15.5. The molecule has 5 nitrogen and oxygen atoms in total. The first-order valence-electron chi connectivity index (χ1n) is 7.35. The Kier molecular flexibility index (Phi) is 8.47. The third kappa shape index (κ3) is 7.68. The van der Waals surface area contributed by atoms with E-state index in [1.807, 2.05) is 0 Å². The number of rotatable bonds is 11. The molecule has 0 bridgehead atoms. The Labute approximate surface area is 126 Å². The van der Waals surface area contributed by atoms with Gasteiger partial charge in [-0.2, -0.15) is 0 Å². The summed E-state index contributed by atoms with van der Waals surface area (Å²) < 4.78 is 11.0. The molecule has 1 aromatic rings. The molecule has 1 aromatic carbocycles. The molecular formula is C16H25NO4. The maximum Gasteiger partial charge on any atom is 0.339 e. The van der Waals surface area contributed by atoms with E-state index < -0.39 is 5.97 Å². The highest BCUT2D eigenvalue weighted by atomic mass is 16.5. The molecule has 0 aliphatic heterocycles. The minimum Gasteiger partial charge on any atom is -0.491 e. The number of aromatic carboxylic acids is 1. The van der Waals surface area contributed by atoms with Gasteiger partial charge in [-0.15, -0.1) is 0 Å². The topological polar surface area (TPSA) is 67.8 Å². The monoisotopic (exact) mass is 295 g/mol. The lowest BCUT2D eigenvalue weighted by Crippen LogP contribution is -2.25. The highest BCUT2D eigenvalue weighted by Crippen LogP contribution is 2.17. The number of carbonyl (C=O) groups is 1. The molecule has 0 aromatic heterocycles. The van der Waals surface area contributed by atoms with Crippen LogP contribution in [-0.2, 0) is 4.74 Å². The number of nitrogens with one attached hydrogen (secondary N) is 1. The van der Waals surface area contributed by atoms with E-state index in [9.17, 15) is 4.79 Å². The third-order valence-corrected chi connectivity index (χ3v) is 2.92. The van der Waals surface area contributed by atoms with E-state index in [2.05, 4.69) is 19.2 Å². The van der Waals surface area contributed by atoms with Crippen LogP contribution in [0, 0.1) is 5.92 Å². The number of ether oxygens (including phenoxy) is 2. The zero-order valence-electron chi connectivity index (χ0n) is 12.8. The fourth-order valence-corrected chi connectivity index (χ4v) is 1.69. The van der Waals surface area contributed by atoms with Crippen LogP contribution in [0.3, 0.4) is 0 Å². The number of para-hydroxylation sites is 1. The maximum atomic E-state index is 11.0. The summed E-state index contributed by atoms with van der Waals surface area (Å²) in [5, 5.41) is 12.2. The van der Waals surface area contributed by atoms with Crippen molar-refractivity contribution in [1.29, 1.82) is 0 Å². The lowest BCUT2D eigenvalue weighted by atomic mass is 10.1. The molecule has 0 aliphatic carbocycles. The Bertz CT molecular complexity index is 420. The largest absolute Gasteiger partial charge is 0.491 e. The Morgan fingerprint density at radius 2 is 1.90 bits per heavy atom. The van der Waals surface area contributed by atoms with E-state index in [4.69, 9.17) is 14.6 Å². The Morgan fingerprint density at radius 3 is 2.62 bits per heavy atom. The minimum absolute atomic E-state index is 0.189. The van der Waals surface area contributed by atoms with Gasteiger partial charge in [0, 0.05) is 19.7 Å². The molecule has 0 unspecified atom stereocenters. The van der Waals surface area contributed by atoms with Crippen molar-refractivity contribution < 1.29 is 19.4 Å². The summed E-state index contributed by atoms with van der Waals surface area (Å²) >= 11 is 0. The third-order valence-electron chi connectivity index (χ3n) is 2.92. The predicted molar refractivity (Wildman–Crippen MR) is 82.0 cm³/mol. The van der Waals surface area contributed by atoms with Gasteiger partial charge in [0.2, 0.25) is 0 Å². The minimum atomic E-state index is -0.975. The summed E-state index contributed by atoms with van der Waals surface area (Å²) in [5.41, 5.74) is 0.189. The van der Waals surface area contributed by atoms with Gasteiger partial charge in [0.1, 0.15) is 17.9 Å². The summed E-state index contributed by atoms with van der Waals surface area (Å²) in [4.78, 5) is 11.0. The molecule has 5 heteroatoms. The first kappa shape index (κ1) is 17.5. The van der Waals surface area contributed by atoms with E-state index >= 15 is 0 Å². The fourth-order valence-electron chi connectivity index (χ4n) is 1.69. The summed E-state index contributed by atoms with van der Waals surface area (Å²) in [6.45, 7) is 7.67. The standard InChI is InChI=1S/C16H25NO4/c1-13(2)7-10-20-11-8-17-9-12-21-15-6-4-3-5-14(15)16(18)19/h3-6,13,17H,7-12H2,1-2H3,(H,18,19). The highest BCUT2D eigenvalue weighted by molar-refractivity contribution is 5.90. The van der Waals surface area contributed by atoms with Crippen LogP contribution in [0.25, 0.3) is 0 Å². The van der Waals surface area contributed by atoms with Crippen LogP contribution in [-0.4, -0.2) is 44.0 Å². The van der Waals surface area contributed by atoms with Gasteiger partial charge in [-0.1, -0.05) is 26.0 Å². The average molecular weight is 295 g/mol. The molecule has 21 heavy (non-hydrogen) atoms. The van der Waals surface area contributed by atoms with Gasteiger partial charge < -0.3 is 19.9 Å². The van der Waals surface area contributed by atoms with Crippen LogP contribution >= 0.6 is 0 Å². The zero-order valence-corrected chi connectivity index (χ0v) is 12.8. The first-order valence-corrected chi connectivity index (χ1v) is 7.35. The molecule has 0 spiro atoms. The van der Waals surface area contributed by atoms with Crippen LogP contribution < -0.4 is 10.1 Å². The molecule has 0 amide bonds. The summed E-state index contributed by atoms with van der Waals surface area (Å²) in [5.74, 6) is 0.0951. The highest BCUT2D eigenvalue weighted by Gasteiger charge is 2.09. The van der Waals surface area contributed by atoms with Crippen molar-refractivity contribution >= 4 is 5.97 Å². The summed E-state index contributed by atoms with van der Waals surface area (Å²) in [6, 6.07) is 6.65. The Morgan fingerprint density at radius 1 is 1.19 bits per heavy atom. The average Bonchev–Trinajstić information content (AvgIpc) is 2.45. The second kappa shape index (κ2) is 10.2. The van der Waals surface area contributed by atoms with Gasteiger partial charge in [-0.25, -0.2) is 4.79 Å². The van der Waals surface area contributed by atoms with Crippen molar-refractivity contribution in [2.45, 2.75) is 20.3 Å². The number of hydrogen-bond acceptors (Lipinski definition) is 4. The van der Waals surface area contributed by atoms with Gasteiger partial charge in [-0.3, -0.25) is 0 Å². The maximum absolute atomic E-state index is 11.0. The van der Waals surface area contributed by atoms with Crippen molar-refractivity contribution in [3.63, 3.8) is 0 Å². The molecule has 2 N–H and O–H groups in total. The Hall–Kier alpha value is -1.59. The van der Waals surface area contributed by atoms with Gasteiger partial charge >= 0.3 is 5.97 Å². The van der Waals surface area contributed by atoms with Gasteiger partial charge in [0.05, 0.1) is 6.61 Å². The lowest BCUT2D eigenvalue weighted by molar-refractivity contribution is 0.0692. The van der Waals surface area contributed by atoms with Crippen LogP contribution in [0.2, 0.25) is 0 Å². The number of carboxylic acids is 1. The fraction of sp³-hybridized carbons (Fsp3) is 0.562. The molecule has 0 saturated carbocycles. The van der Waals surface area contributed by atoms with Crippen molar-refractivity contribution in [2.75, 3.05) is 32.9 Å². The van der Waals surface area contributed by atoms with Crippen molar-refractivity contribution in [1.82, 2.24) is 5.32 Å². The molecule has 118 valence electrons. The summed E-state index contributed by atoms with van der Waals surface area (Å²) in [7, 11) is 0. The van der Waals surface area contributed by atoms with E-state index in [0.29, 0.717) is 31.4 Å². The molecule has 1 rings (SSSR count). The van der Waals surface area contributed by atoms with E-state index in [-0.39, 0.29) is 5.56 Å². The van der Waals surface area contributed by atoms with Crippen LogP contribution in [0.15, 0.2) is 24.3 Å². The lowest BCUT2D eigenvalue weighted by Gasteiger charge is -2.10. The predicted octanol–water partition coefficient (Wildman–Crippen LogP) is 2.42. The van der Waals surface area contributed by atoms with E-state index in [1.165, 1.54) is 6.07 Å². The van der Waals surface area contributed by atoms with E-state index in [1.54, 1.807) is 18.2 Å². The number of hydrogen-bond donors (Lipinski definition) is 2. The normalized spacial score (nSPS) is 10.8. The van der Waals surface area contributed by atoms with E-state index in [0.717, 1.165) is 19.6 Å². The molecular weight excluding hydrogens is 270 g/mol. The smallest absolute Gasteiger partial charge is 0.339 e. The number of benzene rings is 1. The molecule has 0 atom stereocenters. The van der Waals surface area contributed by atoms with Crippen LogP contribution in [0.1, 0.15) is 30.6 Å². The molecule has 0 fully saturated rings. The molecule has 0 aliphatic rings. The SMILES string of the molecule is CC(C)CCOCCNCCOc1ccccc1C(=O)O. The second-order valence-electron chi connectivity index (χ2n) is 5.19. The van der Waals surface area contributed by atoms with Gasteiger partial charge in [0.25, 0.3) is 0 Å². The van der Waals surface area contributed by atoms with Gasteiger partial charge in [0.15, 0.2) is 0 Å². The van der Waals surface area contributed by atoms with Crippen LogP contribution in [0.4, 0.5) is 0 Å². The van der Waals surface area contributed by atoms with Gasteiger partial charge in [-0.05, 0) is 24.5 Å². The molecule has 0 radical (unpaired) electrons. The van der Waals surface area contributed by atoms with Crippen molar-refractivity contribution in [3.05, 3.63) is 29.8 Å².